The van der Waals surface area contributed by atoms with E-state index in [9.17, 15) is 5.11 Å². The maximum atomic E-state index is 9.60. The highest BCUT2D eigenvalue weighted by Crippen LogP contribution is 2.28. The van der Waals surface area contributed by atoms with Crippen LogP contribution in [0.15, 0.2) is 28.8 Å². The van der Waals surface area contributed by atoms with Crippen molar-refractivity contribution in [2.75, 3.05) is 19.7 Å². The molecule has 1 saturated heterocycles. The number of rotatable bonds is 3. The van der Waals surface area contributed by atoms with Crippen LogP contribution in [0, 0.1) is 6.92 Å². The average Bonchev–Trinajstić information content (AvgIpc) is 2.93. The monoisotopic (exact) mass is 289 g/mol. The van der Waals surface area contributed by atoms with Crippen LogP contribution >= 0.6 is 0 Å². The molecule has 1 aliphatic heterocycles. The first-order valence-electron chi connectivity index (χ1n) is 7.08. The van der Waals surface area contributed by atoms with E-state index in [2.05, 4.69) is 22.0 Å². The van der Waals surface area contributed by atoms with E-state index in [4.69, 9.17) is 9.26 Å². The number of aryl methyl sites for hydroxylation is 1. The SMILES string of the molecule is Cc1nc([C@@H](C)N2CCO[C@@H](c3cccc(O)c3)C2)no1. The van der Waals surface area contributed by atoms with Crippen molar-refractivity contribution in [3.05, 3.63) is 41.5 Å². The summed E-state index contributed by atoms with van der Waals surface area (Å²) in [5, 5.41) is 13.6. The second-order valence-electron chi connectivity index (χ2n) is 5.30. The zero-order chi connectivity index (χ0) is 14.8. The molecule has 1 aromatic heterocycles. The minimum atomic E-state index is -0.0544. The second-order valence-corrected chi connectivity index (χ2v) is 5.30. The Bertz CT molecular complexity index is 614. The van der Waals surface area contributed by atoms with Gasteiger partial charge in [0, 0.05) is 20.0 Å². The smallest absolute Gasteiger partial charge is 0.223 e. The molecule has 0 amide bonds. The number of nitrogens with zero attached hydrogens (tertiary/aromatic N) is 3. The zero-order valence-electron chi connectivity index (χ0n) is 12.2. The first kappa shape index (κ1) is 14.0. The molecule has 0 spiro atoms. The van der Waals surface area contributed by atoms with E-state index in [1.807, 2.05) is 12.1 Å². The summed E-state index contributed by atoms with van der Waals surface area (Å²) in [6.07, 6.45) is -0.0544. The Morgan fingerprint density at radius 1 is 1.43 bits per heavy atom. The number of hydrogen-bond acceptors (Lipinski definition) is 6. The van der Waals surface area contributed by atoms with Gasteiger partial charge in [0.2, 0.25) is 5.89 Å². The van der Waals surface area contributed by atoms with Gasteiger partial charge in [-0.05, 0) is 24.6 Å². The molecule has 6 heteroatoms. The van der Waals surface area contributed by atoms with Gasteiger partial charge in [-0.3, -0.25) is 4.90 Å². The third kappa shape index (κ3) is 3.06. The van der Waals surface area contributed by atoms with Gasteiger partial charge in [0.15, 0.2) is 5.82 Å². The van der Waals surface area contributed by atoms with Crippen LogP contribution in [0.4, 0.5) is 0 Å². The number of aromatic hydroxyl groups is 1. The molecule has 1 aliphatic rings. The van der Waals surface area contributed by atoms with Crippen molar-refractivity contribution in [2.45, 2.75) is 26.0 Å². The van der Waals surface area contributed by atoms with E-state index in [0.29, 0.717) is 18.3 Å². The Morgan fingerprint density at radius 2 is 2.29 bits per heavy atom. The second kappa shape index (κ2) is 5.83. The molecule has 6 nitrogen and oxygen atoms in total. The molecule has 0 radical (unpaired) electrons. The fraction of sp³-hybridized carbons (Fsp3) is 0.467. The molecule has 2 atom stereocenters. The van der Waals surface area contributed by atoms with Gasteiger partial charge in [-0.2, -0.15) is 4.98 Å². The predicted octanol–water partition coefficient (Wildman–Crippen LogP) is 2.22. The van der Waals surface area contributed by atoms with E-state index in [1.54, 1.807) is 19.1 Å². The molecule has 2 heterocycles. The number of phenolic OH excluding ortho intramolecular Hbond substituents is 1. The molecule has 2 aromatic rings. The molecular weight excluding hydrogens is 270 g/mol. The summed E-state index contributed by atoms with van der Waals surface area (Å²) in [4.78, 5) is 6.56. The number of hydrogen-bond donors (Lipinski definition) is 1. The summed E-state index contributed by atoms with van der Waals surface area (Å²) in [7, 11) is 0. The minimum absolute atomic E-state index is 0.0544. The summed E-state index contributed by atoms with van der Waals surface area (Å²) in [5.41, 5.74) is 0.983. The van der Waals surface area contributed by atoms with Crippen molar-refractivity contribution >= 4 is 0 Å². The fourth-order valence-electron chi connectivity index (χ4n) is 2.60. The van der Waals surface area contributed by atoms with Crippen molar-refractivity contribution in [3.8, 4) is 5.75 Å². The largest absolute Gasteiger partial charge is 0.508 e. The van der Waals surface area contributed by atoms with Gasteiger partial charge in [0.1, 0.15) is 5.75 Å². The molecule has 21 heavy (non-hydrogen) atoms. The van der Waals surface area contributed by atoms with E-state index in [1.165, 1.54) is 0 Å². The van der Waals surface area contributed by atoms with Gasteiger partial charge in [-0.1, -0.05) is 17.3 Å². The van der Waals surface area contributed by atoms with Gasteiger partial charge in [0.25, 0.3) is 0 Å². The number of morpholine rings is 1. The summed E-state index contributed by atoms with van der Waals surface area (Å²) in [6, 6.07) is 7.29. The van der Waals surface area contributed by atoms with Gasteiger partial charge in [-0.15, -0.1) is 0 Å². The summed E-state index contributed by atoms with van der Waals surface area (Å²) >= 11 is 0. The number of aromatic nitrogens is 2. The molecule has 1 aromatic carbocycles. The van der Waals surface area contributed by atoms with Crippen LogP contribution in [-0.4, -0.2) is 39.8 Å². The quantitative estimate of drug-likeness (QED) is 0.934. The zero-order valence-corrected chi connectivity index (χ0v) is 12.2. The first-order valence-corrected chi connectivity index (χ1v) is 7.08. The van der Waals surface area contributed by atoms with Crippen LogP contribution in [-0.2, 0) is 4.74 Å². The number of ether oxygens (including phenoxy) is 1. The minimum Gasteiger partial charge on any atom is -0.508 e. The van der Waals surface area contributed by atoms with E-state index in [-0.39, 0.29) is 17.9 Å². The first-order chi connectivity index (χ1) is 10.1. The maximum absolute atomic E-state index is 9.60. The molecule has 1 N–H and O–H groups in total. The van der Waals surface area contributed by atoms with Crippen LogP contribution < -0.4 is 0 Å². The molecular formula is C15H19N3O3. The average molecular weight is 289 g/mol. The molecule has 0 aliphatic carbocycles. The Kier molecular flexibility index (Phi) is 3.90. The van der Waals surface area contributed by atoms with Crippen molar-refractivity contribution in [1.82, 2.24) is 15.0 Å². The third-order valence-corrected chi connectivity index (χ3v) is 3.80. The van der Waals surface area contributed by atoms with Crippen molar-refractivity contribution in [2.24, 2.45) is 0 Å². The Labute approximate surface area is 123 Å². The van der Waals surface area contributed by atoms with E-state index in [0.717, 1.165) is 18.7 Å². The van der Waals surface area contributed by atoms with Crippen LogP contribution in [0.2, 0.25) is 0 Å². The molecule has 3 rings (SSSR count). The van der Waals surface area contributed by atoms with Crippen molar-refractivity contribution < 1.29 is 14.4 Å². The Hall–Kier alpha value is -1.92. The topological polar surface area (TPSA) is 71.6 Å². The maximum Gasteiger partial charge on any atom is 0.223 e. The standard InChI is InChI=1S/C15H19N3O3/c1-10(15-16-11(2)21-17-15)18-6-7-20-14(9-18)12-4-3-5-13(19)8-12/h3-5,8,10,14,19H,6-7,9H2,1-2H3/t10-,14-/m1/s1. The lowest BCUT2D eigenvalue weighted by atomic mass is 10.1. The Balaban J connectivity index is 1.73. The molecule has 0 unspecified atom stereocenters. The van der Waals surface area contributed by atoms with Crippen molar-refractivity contribution in [1.29, 1.82) is 0 Å². The predicted molar refractivity (Wildman–Crippen MR) is 75.8 cm³/mol. The van der Waals surface area contributed by atoms with Crippen LogP contribution in [0.1, 0.15) is 36.3 Å². The van der Waals surface area contributed by atoms with Gasteiger partial charge in [0.05, 0.1) is 18.8 Å². The third-order valence-electron chi connectivity index (χ3n) is 3.80. The highest BCUT2D eigenvalue weighted by molar-refractivity contribution is 5.29. The Morgan fingerprint density at radius 3 is 3.00 bits per heavy atom. The highest BCUT2D eigenvalue weighted by Gasteiger charge is 2.28. The summed E-state index contributed by atoms with van der Waals surface area (Å²) in [5.74, 6) is 1.54. The number of benzene rings is 1. The lowest BCUT2D eigenvalue weighted by Crippen LogP contribution is -2.40. The fourth-order valence-corrected chi connectivity index (χ4v) is 2.60. The normalized spacial score (nSPS) is 21.3. The highest BCUT2D eigenvalue weighted by atomic mass is 16.5. The van der Waals surface area contributed by atoms with E-state index >= 15 is 0 Å². The van der Waals surface area contributed by atoms with E-state index < -0.39 is 0 Å². The molecule has 1 fully saturated rings. The summed E-state index contributed by atoms with van der Waals surface area (Å²) < 4.78 is 10.9. The van der Waals surface area contributed by atoms with Gasteiger partial charge >= 0.3 is 0 Å². The van der Waals surface area contributed by atoms with Gasteiger partial charge in [-0.25, -0.2) is 0 Å². The number of phenols is 1. The summed E-state index contributed by atoms with van der Waals surface area (Å²) in [6.45, 7) is 6.05. The van der Waals surface area contributed by atoms with Gasteiger partial charge < -0.3 is 14.4 Å². The molecule has 0 saturated carbocycles. The lowest BCUT2D eigenvalue weighted by Gasteiger charge is -2.35. The lowest BCUT2D eigenvalue weighted by molar-refractivity contribution is -0.0445. The van der Waals surface area contributed by atoms with Crippen molar-refractivity contribution in [3.63, 3.8) is 0 Å². The van der Waals surface area contributed by atoms with Crippen LogP contribution in [0.25, 0.3) is 0 Å². The van der Waals surface area contributed by atoms with Crippen LogP contribution in [0.3, 0.4) is 0 Å². The molecule has 112 valence electrons. The van der Waals surface area contributed by atoms with Crippen LogP contribution in [0.5, 0.6) is 5.75 Å². The molecule has 0 bridgehead atoms.